The number of fused-ring (bicyclic) bond motifs is 6. The van der Waals surface area contributed by atoms with Crippen LogP contribution in [-0.4, -0.2) is 0 Å². The number of anilines is 3. The minimum absolute atomic E-state index is 0.961. The van der Waals surface area contributed by atoms with E-state index >= 15 is 0 Å². The first kappa shape index (κ1) is 26.1. The highest BCUT2D eigenvalue weighted by atomic mass is 32.1. The fraction of sp³-hybridized carbons (Fsp3) is 0.0476. The number of allylic oxidation sites excluding steroid dienone is 1. The molecule has 0 saturated carbocycles. The second-order valence-electron chi connectivity index (χ2n) is 11.7. The van der Waals surface area contributed by atoms with E-state index in [1.807, 2.05) is 11.3 Å². The van der Waals surface area contributed by atoms with Crippen LogP contribution in [0.25, 0.3) is 59.5 Å². The lowest BCUT2D eigenvalue weighted by Gasteiger charge is -2.26. The zero-order chi connectivity index (χ0) is 29.7. The van der Waals surface area contributed by atoms with Crippen LogP contribution in [-0.2, 0) is 6.42 Å². The van der Waals surface area contributed by atoms with E-state index in [2.05, 4.69) is 157 Å². The van der Waals surface area contributed by atoms with Crippen molar-refractivity contribution in [2.45, 2.75) is 12.8 Å². The number of aryl methyl sites for hydroxylation is 1. The molecule has 0 unspecified atom stereocenters. The van der Waals surface area contributed by atoms with Gasteiger partial charge in [-0.05, 0) is 89.3 Å². The average molecular weight is 596 g/mol. The van der Waals surface area contributed by atoms with Gasteiger partial charge in [-0.25, -0.2) is 0 Å². The molecule has 0 fully saturated rings. The van der Waals surface area contributed by atoms with Crippen molar-refractivity contribution in [3.63, 3.8) is 0 Å². The third-order valence-corrected chi connectivity index (χ3v) is 10.1. The normalized spacial score (nSPS) is 12.6. The van der Waals surface area contributed by atoms with Crippen LogP contribution in [0.5, 0.6) is 0 Å². The van der Waals surface area contributed by atoms with E-state index in [1.165, 1.54) is 53.4 Å². The Hall–Kier alpha value is -5.38. The van der Waals surface area contributed by atoms with Crippen LogP contribution < -0.4 is 4.90 Å². The minimum Gasteiger partial charge on any atom is -0.460 e. The number of furan rings is 1. The van der Waals surface area contributed by atoms with Gasteiger partial charge in [0.25, 0.3) is 0 Å². The molecule has 2 nitrogen and oxygen atoms in total. The maximum atomic E-state index is 6.20. The molecule has 0 spiro atoms. The van der Waals surface area contributed by atoms with Crippen molar-refractivity contribution < 1.29 is 4.42 Å². The Bertz CT molecular complexity index is 2380. The molecule has 3 heteroatoms. The van der Waals surface area contributed by atoms with Gasteiger partial charge in [0.15, 0.2) is 0 Å². The van der Waals surface area contributed by atoms with Gasteiger partial charge in [0.2, 0.25) is 0 Å². The molecule has 45 heavy (non-hydrogen) atoms. The molecule has 0 radical (unpaired) electrons. The van der Waals surface area contributed by atoms with Crippen LogP contribution in [0.4, 0.5) is 17.1 Å². The topological polar surface area (TPSA) is 16.4 Å². The van der Waals surface area contributed by atoms with Crippen molar-refractivity contribution in [2.75, 3.05) is 4.90 Å². The monoisotopic (exact) mass is 595 g/mol. The van der Waals surface area contributed by atoms with Crippen LogP contribution in [0.2, 0.25) is 0 Å². The van der Waals surface area contributed by atoms with Crippen molar-refractivity contribution >= 4 is 65.6 Å². The molecule has 8 aromatic rings. The molecule has 0 atom stereocenters. The molecule has 0 bridgehead atoms. The number of benzene rings is 6. The number of thiophene rings is 1. The smallest absolute Gasteiger partial charge is 0.134 e. The number of hydrogen-bond acceptors (Lipinski definition) is 3. The highest BCUT2D eigenvalue weighted by molar-refractivity contribution is 7.25. The van der Waals surface area contributed by atoms with Crippen molar-refractivity contribution in [1.82, 2.24) is 0 Å². The quantitative estimate of drug-likeness (QED) is 0.197. The first-order valence-corrected chi connectivity index (χ1v) is 16.3. The van der Waals surface area contributed by atoms with Gasteiger partial charge in [-0.3, -0.25) is 0 Å². The predicted octanol–water partition coefficient (Wildman–Crippen LogP) is 12.6. The molecule has 0 saturated heterocycles. The van der Waals surface area contributed by atoms with E-state index in [1.54, 1.807) is 0 Å². The molecule has 1 aliphatic rings. The largest absolute Gasteiger partial charge is 0.460 e. The van der Waals surface area contributed by atoms with E-state index in [0.717, 1.165) is 41.2 Å². The molecule has 1 aliphatic carbocycles. The average Bonchev–Trinajstić information content (AvgIpc) is 3.67. The molecule has 2 aromatic heterocycles. The fourth-order valence-electron chi connectivity index (χ4n) is 6.69. The SMILES string of the molecule is C1=Cc2c(oc3ccc(-c4cccc(N(c5ccc(-c6ccccc6)cc5)c5ccc6sc7ccccc7c6c5)c4)cc23)CC1. The van der Waals surface area contributed by atoms with Gasteiger partial charge in [0.05, 0.1) is 0 Å². The first-order chi connectivity index (χ1) is 22.3. The van der Waals surface area contributed by atoms with Crippen LogP contribution >= 0.6 is 11.3 Å². The van der Waals surface area contributed by atoms with Crippen LogP contribution in [0, 0.1) is 0 Å². The predicted molar refractivity (Wildman–Crippen MR) is 192 cm³/mol. The Morgan fingerprint density at radius 1 is 0.511 bits per heavy atom. The Balaban J connectivity index is 1.19. The maximum Gasteiger partial charge on any atom is 0.134 e. The summed E-state index contributed by atoms with van der Waals surface area (Å²) in [6.45, 7) is 0. The Morgan fingerprint density at radius 3 is 2.13 bits per heavy atom. The number of hydrogen-bond donors (Lipinski definition) is 0. The van der Waals surface area contributed by atoms with E-state index < -0.39 is 0 Å². The third-order valence-electron chi connectivity index (χ3n) is 8.91. The molecule has 0 aliphatic heterocycles. The summed E-state index contributed by atoms with van der Waals surface area (Å²) in [6.07, 6.45) is 6.47. The van der Waals surface area contributed by atoms with Crippen molar-refractivity contribution in [2.24, 2.45) is 0 Å². The van der Waals surface area contributed by atoms with Crippen molar-refractivity contribution in [3.05, 3.63) is 157 Å². The third kappa shape index (κ3) is 4.56. The Labute approximate surface area is 266 Å². The second kappa shape index (κ2) is 10.7. The van der Waals surface area contributed by atoms with E-state index in [9.17, 15) is 0 Å². The molecule has 9 rings (SSSR count). The maximum absolute atomic E-state index is 6.20. The van der Waals surface area contributed by atoms with Crippen molar-refractivity contribution in [1.29, 1.82) is 0 Å². The van der Waals surface area contributed by atoms with Crippen LogP contribution in [0.3, 0.4) is 0 Å². The molecule has 214 valence electrons. The van der Waals surface area contributed by atoms with Gasteiger partial charge < -0.3 is 9.32 Å². The zero-order valence-electron chi connectivity index (χ0n) is 24.6. The van der Waals surface area contributed by atoms with Gasteiger partial charge >= 0.3 is 0 Å². The summed E-state index contributed by atoms with van der Waals surface area (Å²) < 4.78 is 8.82. The Kier molecular flexibility index (Phi) is 6.17. The summed E-state index contributed by atoms with van der Waals surface area (Å²) in [4.78, 5) is 2.38. The molecular weight excluding hydrogens is 567 g/mol. The second-order valence-corrected chi connectivity index (χ2v) is 12.8. The lowest BCUT2D eigenvalue weighted by Crippen LogP contribution is -2.10. The molecular formula is C42H29NOS. The zero-order valence-corrected chi connectivity index (χ0v) is 25.4. The lowest BCUT2D eigenvalue weighted by molar-refractivity contribution is 0.546. The summed E-state index contributed by atoms with van der Waals surface area (Å²) in [5.41, 5.74) is 10.4. The van der Waals surface area contributed by atoms with E-state index in [-0.39, 0.29) is 0 Å². The summed E-state index contributed by atoms with van der Waals surface area (Å²) in [7, 11) is 0. The summed E-state index contributed by atoms with van der Waals surface area (Å²) in [5, 5.41) is 3.78. The first-order valence-electron chi connectivity index (χ1n) is 15.5. The standard InChI is InChI=1S/C42H29NOS/c1-2-9-28(10-3-1)29-17-20-32(21-18-29)43(34-22-24-42-38(27-34)36-14-5-7-16-41(36)45-42)33-12-8-11-30(25-33)31-19-23-40-37(26-31)35-13-4-6-15-39(35)44-40/h1-5,7-14,16-27H,6,15H2. The summed E-state index contributed by atoms with van der Waals surface area (Å²) in [5.74, 6) is 1.10. The van der Waals surface area contributed by atoms with E-state index in [4.69, 9.17) is 4.42 Å². The molecule has 0 amide bonds. The molecule has 2 heterocycles. The molecule has 0 N–H and O–H groups in total. The minimum atomic E-state index is 0.961. The van der Waals surface area contributed by atoms with Crippen LogP contribution in [0.1, 0.15) is 17.7 Å². The van der Waals surface area contributed by atoms with E-state index in [0.29, 0.717) is 0 Å². The van der Waals surface area contributed by atoms with Gasteiger partial charge in [0, 0.05) is 54.6 Å². The van der Waals surface area contributed by atoms with Gasteiger partial charge in [-0.15, -0.1) is 11.3 Å². The number of nitrogens with zero attached hydrogens (tertiary/aromatic N) is 1. The van der Waals surface area contributed by atoms with Crippen LogP contribution in [0.15, 0.2) is 150 Å². The molecule has 6 aromatic carbocycles. The summed E-state index contributed by atoms with van der Waals surface area (Å²) in [6, 6.07) is 50.6. The lowest BCUT2D eigenvalue weighted by atomic mass is 9.98. The van der Waals surface area contributed by atoms with Gasteiger partial charge in [-0.1, -0.05) is 91.0 Å². The Morgan fingerprint density at radius 2 is 1.22 bits per heavy atom. The van der Waals surface area contributed by atoms with Gasteiger partial charge in [-0.2, -0.15) is 0 Å². The fourth-order valence-corrected chi connectivity index (χ4v) is 7.78. The van der Waals surface area contributed by atoms with Gasteiger partial charge in [0.1, 0.15) is 11.3 Å². The summed E-state index contributed by atoms with van der Waals surface area (Å²) >= 11 is 1.85. The van der Waals surface area contributed by atoms with Crippen molar-refractivity contribution in [3.8, 4) is 22.3 Å². The number of rotatable bonds is 5. The highest BCUT2D eigenvalue weighted by Crippen LogP contribution is 2.42. The highest BCUT2D eigenvalue weighted by Gasteiger charge is 2.18.